The first-order chi connectivity index (χ1) is 9.06. The van der Waals surface area contributed by atoms with Crippen LogP contribution in [0, 0.1) is 0 Å². The zero-order valence-corrected chi connectivity index (χ0v) is 13.3. The lowest BCUT2D eigenvalue weighted by atomic mass is 10.3. The Bertz CT molecular complexity index is 378. The molecule has 108 valence electrons. The largest absolute Gasteiger partial charge is 0.489 e. The van der Waals surface area contributed by atoms with Crippen LogP contribution in [0.15, 0.2) is 23.1 Å². The maximum absolute atomic E-state index is 5.92. The molecule has 0 spiro atoms. The molecule has 0 unspecified atom stereocenters. The SMILES string of the molecule is CCN(CC)CCSc1ccc(N)c(OC(C)C)c1. The predicted molar refractivity (Wildman–Crippen MR) is 85.1 cm³/mol. The van der Waals surface area contributed by atoms with Crippen molar-refractivity contribution in [1.29, 1.82) is 0 Å². The molecule has 0 fully saturated rings. The molecule has 0 radical (unpaired) electrons. The van der Waals surface area contributed by atoms with Gasteiger partial charge in [0, 0.05) is 17.2 Å². The molecule has 1 aromatic carbocycles. The van der Waals surface area contributed by atoms with E-state index >= 15 is 0 Å². The van der Waals surface area contributed by atoms with Crippen LogP contribution in [0.4, 0.5) is 5.69 Å². The maximum Gasteiger partial charge on any atom is 0.143 e. The van der Waals surface area contributed by atoms with Gasteiger partial charge in [-0.25, -0.2) is 0 Å². The zero-order valence-electron chi connectivity index (χ0n) is 12.5. The topological polar surface area (TPSA) is 38.5 Å². The second-order valence-corrected chi connectivity index (χ2v) is 5.91. The van der Waals surface area contributed by atoms with Crippen LogP contribution in [-0.2, 0) is 0 Å². The van der Waals surface area contributed by atoms with Gasteiger partial charge < -0.3 is 15.4 Å². The molecule has 0 bridgehead atoms. The summed E-state index contributed by atoms with van der Waals surface area (Å²) >= 11 is 1.85. The zero-order chi connectivity index (χ0) is 14.3. The Labute approximate surface area is 121 Å². The van der Waals surface area contributed by atoms with E-state index in [9.17, 15) is 0 Å². The average Bonchev–Trinajstić information content (AvgIpc) is 2.38. The molecule has 3 nitrogen and oxygen atoms in total. The van der Waals surface area contributed by atoms with Gasteiger partial charge in [-0.2, -0.15) is 0 Å². The number of benzene rings is 1. The number of hydrogen-bond acceptors (Lipinski definition) is 4. The van der Waals surface area contributed by atoms with Crippen LogP contribution in [0.5, 0.6) is 5.75 Å². The number of ether oxygens (including phenoxy) is 1. The lowest BCUT2D eigenvalue weighted by Crippen LogP contribution is -2.25. The first-order valence-electron chi connectivity index (χ1n) is 6.98. The number of hydrogen-bond donors (Lipinski definition) is 1. The molecule has 0 aromatic heterocycles. The second-order valence-electron chi connectivity index (χ2n) is 4.74. The van der Waals surface area contributed by atoms with Gasteiger partial charge in [-0.15, -0.1) is 11.8 Å². The van der Waals surface area contributed by atoms with Gasteiger partial charge in [0.2, 0.25) is 0 Å². The van der Waals surface area contributed by atoms with Gasteiger partial charge in [0.1, 0.15) is 5.75 Å². The third-order valence-corrected chi connectivity index (χ3v) is 3.89. The van der Waals surface area contributed by atoms with E-state index in [-0.39, 0.29) is 6.10 Å². The summed E-state index contributed by atoms with van der Waals surface area (Å²) in [6.45, 7) is 11.8. The molecule has 0 amide bonds. The molecular weight excluding hydrogens is 256 g/mol. The number of nitrogen functional groups attached to an aromatic ring is 1. The summed E-state index contributed by atoms with van der Waals surface area (Å²) < 4.78 is 5.71. The van der Waals surface area contributed by atoms with Gasteiger partial charge in [-0.05, 0) is 45.1 Å². The molecule has 0 saturated carbocycles. The maximum atomic E-state index is 5.92. The first kappa shape index (κ1) is 16.2. The summed E-state index contributed by atoms with van der Waals surface area (Å²) in [5.41, 5.74) is 6.63. The van der Waals surface area contributed by atoms with Gasteiger partial charge >= 0.3 is 0 Å². The second kappa shape index (κ2) is 8.33. The van der Waals surface area contributed by atoms with E-state index in [1.807, 2.05) is 37.7 Å². The highest BCUT2D eigenvalue weighted by molar-refractivity contribution is 7.99. The normalized spacial score (nSPS) is 11.3. The van der Waals surface area contributed by atoms with E-state index in [1.54, 1.807) is 0 Å². The van der Waals surface area contributed by atoms with Crippen molar-refractivity contribution in [2.45, 2.75) is 38.7 Å². The first-order valence-corrected chi connectivity index (χ1v) is 7.96. The number of anilines is 1. The van der Waals surface area contributed by atoms with Crippen molar-refractivity contribution in [2.24, 2.45) is 0 Å². The van der Waals surface area contributed by atoms with Crippen molar-refractivity contribution in [1.82, 2.24) is 4.90 Å². The highest BCUT2D eigenvalue weighted by Crippen LogP contribution is 2.29. The highest BCUT2D eigenvalue weighted by atomic mass is 32.2. The summed E-state index contributed by atoms with van der Waals surface area (Å²) in [5.74, 6) is 1.88. The number of nitrogens with zero attached hydrogens (tertiary/aromatic N) is 1. The van der Waals surface area contributed by atoms with Crippen LogP contribution >= 0.6 is 11.8 Å². The fourth-order valence-corrected chi connectivity index (χ4v) is 2.73. The van der Waals surface area contributed by atoms with E-state index in [0.717, 1.165) is 31.1 Å². The summed E-state index contributed by atoms with van der Waals surface area (Å²) in [6.07, 6.45) is 0.151. The summed E-state index contributed by atoms with van der Waals surface area (Å²) in [4.78, 5) is 3.65. The predicted octanol–water partition coefficient (Wildman–Crippen LogP) is 3.49. The minimum Gasteiger partial charge on any atom is -0.489 e. The molecule has 1 aromatic rings. The fraction of sp³-hybridized carbons (Fsp3) is 0.600. The number of nitrogens with two attached hydrogens (primary N) is 1. The lowest BCUT2D eigenvalue weighted by molar-refractivity contribution is 0.243. The highest BCUT2D eigenvalue weighted by Gasteiger charge is 2.06. The Balaban J connectivity index is 2.54. The van der Waals surface area contributed by atoms with Crippen LogP contribution in [-0.4, -0.2) is 36.4 Å². The van der Waals surface area contributed by atoms with Gasteiger partial charge in [-0.1, -0.05) is 13.8 Å². The molecule has 0 atom stereocenters. The Hall–Kier alpha value is -0.870. The molecule has 0 heterocycles. The molecule has 0 aliphatic rings. The molecule has 0 aliphatic heterocycles. The quantitative estimate of drug-likeness (QED) is 0.585. The summed E-state index contributed by atoms with van der Waals surface area (Å²) in [5, 5.41) is 0. The molecular formula is C15H26N2OS. The van der Waals surface area contributed by atoms with E-state index < -0.39 is 0 Å². The smallest absolute Gasteiger partial charge is 0.143 e. The van der Waals surface area contributed by atoms with E-state index in [1.165, 1.54) is 4.90 Å². The van der Waals surface area contributed by atoms with Gasteiger partial charge in [0.05, 0.1) is 11.8 Å². The third-order valence-electron chi connectivity index (χ3n) is 2.92. The summed E-state index contributed by atoms with van der Waals surface area (Å²) in [7, 11) is 0. The van der Waals surface area contributed by atoms with Crippen molar-refractivity contribution < 1.29 is 4.74 Å². The minimum absolute atomic E-state index is 0.151. The van der Waals surface area contributed by atoms with Crippen LogP contribution in [0.1, 0.15) is 27.7 Å². The molecule has 19 heavy (non-hydrogen) atoms. The van der Waals surface area contributed by atoms with Gasteiger partial charge in [0.25, 0.3) is 0 Å². The van der Waals surface area contributed by atoms with Crippen LogP contribution in [0.3, 0.4) is 0 Å². The van der Waals surface area contributed by atoms with Crippen LogP contribution in [0.25, 0.3) is 0 Å². The fourth-order valence-electron chi connectivity index (χ4n) is 1.79. The van der Waals surface area contributed by atoms with Gasteiger partial charge in [-0.3, -0.25) is 0 Å². The lowest BCUT2D eigenvalue weighted by Gasteiger charge is -2.17. The van der Waals surface area contributed by atoms with E-state index in [2.05, 4.69) is 24.8 Å². The van der Waals surface area contributed by atoms with Crippen molar-refractivity contribution in [3.05, 3.63) is 18.2 Å². The average molecular weight is 282 g/mol. The standard InChI is InChI=1S/C15H26N2OS/c1-5-17(6-2)9-10-19-13-7-8-14(16)15(11-13)18-12(3)4/h7-8,11-12H,5-6,9-10,16H2,1-4H3. The van der Waals surface area contributed by atoms with Crippen molar-refractivity contribution in [3.63, 3.8) is 0 Å². The van der Waals surface area contributed by atoms with E-state index in [0.29, 0.717) is 5.69 Å². The summed E-state index contributed by atoms with van der Waals surface area (Å²) in [6, 6.07) is 6.04. The third kappa shape index (κ3) is 5.74. The number of thioether (sulfide) groups is 1. The Morgan fingerprint density at radius 2 is 1.95 bits per heavy atom. The monoisotopic (exact) mass is 282 g/mol. The Kier molecular flexibility index (Phi) is 7.10. The Morgan fingerprint density at radius 1 is 1.26 bits per heavy atom. The Morgan fingerprint density at radius 3 is 2.53 bits per heavy atom. The van der Waals surface area contributed by atoms with Crippen LogP contribution < -0.4 is 10.5 Å². The van der Waals surface area contributed by atoms with Crippen molar-refractivity contribution in [3.8, 4) is 5.75 Å². The minimum atomic E-state index is 0.151. The van der Waals surface area contributed by atoms with Crippen molar-refractivity contribution in [2.75, 3.05) is 31.1 Å². The van der Waals surface area contributed by atoms with Crippen molar-refractivity contribution >= 4 is 17.4 Å². The van der Waals surface area contributed by atoms with E-state index in [4.69, 9.17) is 10.5 Å². The molecule has 0 aliphatic carbocycles. The van der Waals surface area contributed by atoms with Gasteiger partial charge in [0.15, 0.2) is 0 Å². The van der Waals surface area contributed by atoms with Crippen LogP contribution in [0.2, 0.25) is 0 Å². The molecule has 0 saturated heterocycles. The molecule has 2 N–H and O–H groups in total. The molecule has 1 rings (SSSR count). The molecule has 4 heteroatoms. The number of rotatable bonds is 8.